The van der Waals surface area contributed by atoms with Crippen molar-refractivity contribution >= 4 is 18.3 Å². The zero-order chi connectivity index (χ0) is 13.0. The van der Waals surface area contributed by atoms with Crippen LogP contribution in [0.1, 0.15) is 21.6 Å². The number of nitrogens with zero attached hydrogens (tertiary/aromatic N) is 2. The van der Waals surface area contributed by atoms with Crippen LogP contribution >= 0.6 is 0 Å². The molecule has 6 nitrogen and oxygen atoms in total. The first kappa shape index (κ1) is 11.8. The number of esters is 1. The molecule has 1 aliphatic rings. The van der Waals surface area contributed by atoms with E-state index in [4.69, 9.17) is 6.42 Å². The molecule has 1 aromatic heterocycles. The van der Waals surface area contributed by atoms with Gasteiger partial charge in [0, 0.05) is 18.0 Å². The maximum absolute atomic E-state index is 11.6. The van der Waals surface area contributed by atoms with Gasteiger partial charge in [0.25, 0.3) is 0 Å². The number of aromatic nitrogens is 1. The minimum atomic E-state index is -0.892. The summed E-state index contributed by atoms with van der Waals surface area (Å²) < 4.78 is 4.51. The molecule has 0 bridgehead atoms. The van der Waals surface area contributed by atoms with E-state index in [9.17, 15) is 9.59 Å². The molecular weight excluding hydrogens is 234 g/mol. The Kier molecular flexibility index (Phi) is 3.34. The molecular formula is C12H9N3O3. The molecule has 0 aromatic carbocycles. The second-order valence-corrected chi connectivity index (χ2v) is 3.47. The number of alkyl carbamates (subject to hydrolysis) is 1. The fraction of sp³-hybridized carbons (Fsp3) is 0.167. The summed E-state index contributed by atoms with van der Waals surface area (Å²) in [7, 11) is 0. The normalized spacial score (nSPS) is 11.5. The molecule has 0 radical (unpaired) electrons. The molecule has 1 N–H and O–H groups in total. The third kappa shape index (κ3) is 2.52. The van der Waals surface area contributed by atoms with Gasteiger partial charge in [-0.15, -0.1) is 6.42 Å². The van der Waals surface area contributed by atoms with Gasteiger partial charge in [-0.1, -0.05) is 5.92 Å². The Morgan fingerprint density at radius 3 is 3.17 bits per heavy atom. The third-order valence-corrected chi connectivity index (χ3v) is 2.25. The van der Waals surface area contributed by atoms with Crippen LogP contribution in [0.15, 0.2) is 17.3 Å². The number of hydrogen-bond acceptors (Lipinski definition) is 5. The zero-order valence-electron chi connectivity index (χ0n) is 9.34. The molecule has 1 aromatic rings. The number of nitrogens with one attached hydrogen (secondary N) is 1. The second kappa shape index (κ2) is 5.10. The van der Waals surface area contributed by atoms with Crippen LogP contribution in [0, 0.1) is 12.3 Å². The highest BCUT2D eigenvalue weighted by Gasteiger charge is 2.16. The Morgan fingerprint density at radius 1 is 1.56 bits per heavy atom. The average Bonchev–Trinajstić information content (AvgIpc) is 2.83. The molecule has 0 spiro atoms. The van der Waals surface area contributed by atoms with Crippen molar-refractivity contribution in [2.75, 3.05) is 6.54 Å². The van der Waals surface area contributed by atoms with E-state index in [0.717, 1.165) is 11.1 Å². The number of amides is 1. The van der Waals surface area contributed by atoms with Gasteiger partial charge < -0.3 is 10.1 Å². The predicted octanol–water partition coefficient (Wildman–Crippen LogP) is 0.514. The summed E-state index contributed by atoms with van der Waals surface area (Å²) >= 11 is 0. The molecule has 2 rings (SSSR count). The number of fused-ring (bicyclic) bond motifs is 1. The molecule has 90 valence electrons. The fourth-order valence-electron chi connectivity index (χ4n) is 1.41. The minimum absolute atomic E-state index is 0.00241. The van der Waals surface area contributed by atoms with E-state index >= 15 is 0 Å². The molecule has 1 amide bonds. The molecule has 6 heteroatoms. The van der Waals surface area contributed by atoms with Crippen LogP contribution in [0.5, 0.6) is 0 Å². The summed E-state index contributed by atoms with van der Waals surface area (Å²) in [6.45, 7) is 0.499. The van der Waals surface area contributed by atoms with Crippen molar-refractivity contribution in [3.05, 3.63) is 29.1 Å². The molecule has 1 aliphatic heterocycles. The van der Waals surface area contributed by atoms with E-state index in [0.29, 0.717) is 6.54 Å². The average molecular weight is 243 g/mol. The van der Waals surface area contributed by atoms with Crippen molar-refractivity contribution < 1.29 is 14.3 Å². The van der Waals surface area contributed by atoms with Crippen molar-refractivity contribution in [1.82, 2.24) is 10.3 Å². The molecule has 0 saturated heterocycles. The number of rotatable bonds is 2. The number of pyridine rings is 1. The number of hydrogen-bond donors (Lipinski definition) is 1. The number of carbonyl (C=O) groups excluding carboxylic acids is 2. The smallest absolute Gasteiger partial charge is 0.371 e. The highest BCUT2D eigenvalue weighted by Crippen LogP contribution is 2.14. The molecule has 0 aliphatic carbocycles. The maximum Gasteiger partial charge on any atom is 0.415 e. The summed E-state index contributed by atoms with van der Waals surface area (Å²) in [5.41, 5.74) is 1.81. The Bertz CT molecular complexity index is 572. The maximum atomic E-state index is 11.6. The van der Waals surface area contributed by atoms with Gasteiger partial charge in [-0.05, 0) is 11.6 Å². The highest BCUT2D eigenvalue weighted by atomic mass is 16.6. The Morgan fingerprint density at radius 2 is 2.39 bits per heavy atom. The van der Waals surface area contributed by atoms with Crippen LogP contribution < -0.4 is 5.32 Å². The van der Waals surface area contributed by atoms with Crippen LogP contribution in [-0.2, 0) is 11.3 Å². The quantitative estimate of drug-likeness (QED) is 0.466. The Hall–Kier alpha value is -2.68. The standard InChI is InChI=1S/C12H9N3O3/c1-2-3-14-12(17)18-11(16)10-4-8-5-13-6-9(8)7-15-10/h1,4,6-7H,3,5H2,(H,14,17). The van der Waals surface area contributed by atoms with Crippen LogP contribution in [-0.4, -0.2) is 29.8 Å². The number of aliphatic imine (C=N–C) groups is 1. The highest BCUT2D eigenvalue weighted by molar-refractivity contribution is 5.96. The van der Waals surface area contributed by atoms with Gasteiger partial charge in [0.15, 0.2) is 0 Å². The Balaban J connectivity index is 2.02. The van der Waals surface area contributed by atoms with E-state index in [1.165, 1.54) is 6.20 Å². The largest absolute Gasteiger partial charge is 0.415 e. The van der Waals surface area contributed by atoms with Crippen molar-refractivity contribution in [1.29, 1.82) is 0 Å². The van der Waals surface area contributed by atoms with E-state index in [1.54, 1.807) is 12.3 Å². The summed E-state index contributed by atoms with van der Waals surface area (Å²) in [4.78, 5) is 30.6. The topological polar surface area (TPSA) is 80.6 Å². The minimum Gasteiger partial charge on any atom is -0.371 e. The summed E-state index contributed by atoms with van der Waals surface area (Å²) in [5, 5.41) is 2.21. The number of carbonyl (C=O) groups is 2. The summed E-state index contributed by atoms with van der Waals surface area (Å²) in [5.74, 6) is 1.37. The van der Waals surface area contributed by atoms with Crippen molar-refractivity contribution in [2.45, 2.75) is 6.54 Å². The van der Waals surface area contributed by atoms with Crippen molar-refractivity contribution in [3.8, 4) is 12.3 Å². The van der Waals surface area contributed by atoms with Gasteiger partial charge >= 0.3 is 12.1 Å². The number of terminal acetylenes is 1. The zero-order valence-corrected chi connectivity index (χ0v) is 9.34. The molecule has 18 heavy (non-hydrogen) atoms. The van der Waals surface area contributed by atoms with Crippen LogP contribution in [0.25, 0.3) is 0 Å². The fourth-order valence-corrected chi connectivity index (χ4v) is 1.41. The first-order valence-corrected chi connectivity index (χ1v) is 5.13. The first-order chi connectivity index (χ1) is 8.70. The van der Waals surface area contributed by atoms with E-state index in [2.05, 4.69) is 26.0 Å². The molecule has 0 atom stereocenters. The molecule has 0 fully saturated rings. The van der Waals surface area contributed by atoms with Gasteiger partial charge in [-0.3, -0.25) is 4.99 Å². The van der Waals surface area contributed by atoms with Crippen molar-refractivity contribution in [3.63, 3.8) is 0 Å². The lowest BCUT2D eigenvalue weighted by molar-refractivity contribution is 0.0618. The predicted molar refractivity (Wildman–Crippen MR) is 63.2 cm³/mol. The summed E-state index contributed by atoms with van der Waals surface area (Å²) in [6.07, 6.45) is 7.25. The molecule has 2 heterocycles. The SMILES string of the molecule is C#CCNC(=O)OC(=O)c1cc2c(cn1)C=NC2. The molecule has 0 unspecified atom stereocenters. The van der Waals surface area contributed by atoms with E-state index in [-0.39, 0.29) is 12.2 Å². The van der Waals surface area contributed by atoms with Crippen LogP contribution in [0.3, 0.4) is 0 Å². The lowest BCUT2D eigenvalue weighted by atomic mass is 10.1. The van der Waals surface area contributed by atoms with Gasteiger partial charge in [-0.2, -0.15) is 0 Å². The monoisotopic (exact) mass is 243 g/mol. The van der Waals surface area contributed by atoms with Gasteiger partial charge in [-0.25, -0.2) is 14.6 Å². The third-order valence-electron chi connectivity index (χ3n) is 2.25. The van der Waals surface area contributed by atoms with Gasteiger partial charge in [0.1, 0.15) is 5.69 Å². The van der Waals surface area contributed by atoms with Gasteiger partial charge in [0.2, 0.25) is 0 Å². The van der Waals surface area contributed by atoms with Gasteiger partial charge in [0.05, 0.1) is 13.1 Å². The van der Waals surface area contributed by atoms with Crippen LogP contribution in [0.4, 0.5) is 4.79 Å². The van der Waals surface area contributed by atoms with Crippen LogP contribution in [0.2, 0.25) is 0 Å². The van der Waals surface area contributed by atoms with E-state index < -0.39 is 12.1 Å². The second-order valence-electron chi connectivity index (χ2n) is 3.47. The Labute approximate surface area is 103 Å². The van der Waals surface area contributed by atoms with E-state index in [1.807, 2.05) is 0 Å². The lowest BCUT2D eigenvalue weighted by Crippen LogP contribution is -2.27. The first-order valence-electron chi connectivity index (χ1n) is 5.13. The lowest BCUT2D eigenvalue weighted by Gasteiger charge is -2.03. The summed E-state index contributed by atoms with van der Waals surface area (Å²) in [6, 6.07) is 1.55. The molecule has 0 saturated carbocycles. The number of ether oxygens (including phenoxy) is 1. The van der Waals surface area contributed by atoms with Crippen molar-refractivity contribution in [2.24, 2.45) is 4.99 Å².